The molecule has 1 aromatic rings. The maximum atomic E-state index is 12.3. The molecule has 0 spiro atoms. The Hall–Kier alpha value is -1.95. The lowest BCUT2D eigenvalue weighted by Gasteiger charge is -2.23. The number of carboxylic acid groups (broad SMARTS) is 1. The van der Waals surface area contributed by atoms with Gasteiger partial charge < -0.3 is 15.2 Å². The lowest BCUT2D eigenvalue weighted by atomic mass is 9.78. The molecule has 2 bridgehead atoms. The first kappa shape index (κ1) is 13.1. The van der Waals surface area contributed by atoms with E-state index in [1.54, 1.807) is 12.4 Å². The summed E-state index contributed by atoms with van der Waals surface area (Å²) in [5.74, 6) is -2.47. The molecule has 0 aromatic carbocycles. The second-order valence-corrected chi connectivity index (χ2v) is 5.25. The summed E-state index contributed by atoms with van der Waals surface area (Å²) in [5, 5.41) is 12.1. The molecule has 1 aromatic heterocycles. The monoisotopic (exact) mass is 276 g/mol. The van der Waals surface area contributed by atoms with Crippen molar-refractivity contribution in [2.45, 2.75) is 31.6 Å². The van der Waals surface area contributed by atoms with Crippen LogP contribution in [-0.4, -0.2) is 34.2 Å². The van der Waals surface area contributed by atoms with Gasteiger partial charge in [0.1, 0.15) is 0 Å². The van der Waals surface area contributed by atoms with Crippen LogP contribution in [0.5, 0.6) is 0 Å². The van der Waals surface area contributed by atoms with E-state index in [4.69, 9.17) is 4.74 Å². The molecule has 1 amide bonds. The van der Waals surface area contributed by atoms with Crippen LogP contribution < -0.4 is 5.32 Å². The molecule has 4 atom stereocenters. The van der Waals surface area contributed by atoms with Crippen molar-refractivity contribution in [3.05, 3.63) is 30.1 Å². The van der Waals surface area contributed by atoms with Crippen molar-refractivity contribution in [1.29, 1.82) is 0 Å². The second kappa shape index (κ2) is 5.20. The quantitative estimate of drug-likeness (QED) is 0.839. The molecular weight excluding hydrogens is 260 g/mol. The molecule has 20 heavy (non-hydrogen) atoms. The van der Waals surface area contributed by atoms with Crippen LogP contribution in [0.1, 0.15) is 18.4 Å². The van der Waals surface area contributed by atoms with Crippen molar-refractivity contribution in [1.82, 2.24) is 10.3 Å². The first-order valence-corrected chi connectivity index (χ1v) is 6.71. The smallest absolute Gasteiger partial charge is 0.310 e. The number of rotatable bonds is 4. The summed E-state index contributed by atoms with van der Waals surface area (Å²) in [6.45, 7) is 0.377. The standard InChI is InChI=1S/C14H16N2O4/c17-13(16-7-8-3-5-15-6-4-8)11-9-1-2-10(20-9)12(11)14(18)19/h3-6,9-12H,1-2,7H2,(H,16,17)(H,18,19)/t9-,10+,11?,12?/m0/s1. The van der Waals surface area contributed by atoms with E-state index < -0.39 is 17.8 Å². The number of amides is 1. The summed E-state index contributed by atoms with van der Waals surface area (Å²) in [6.07, 6.45) is 4.25. The number of pyridine rings is 1. The summed E-state index contributed by atoms with van der Waals surface area (Å²) >= 11 is 0. The maximum absolute atomic E-state index is 12.3. The van der Waals surface area contributed by atoms with E-state index >= 15 is 0 Å². The zero-order chi connectivity index (χ0) is 14.1. The van der Waals surface area contributed by atoms with Gasteiger partial charge in [-0.05, 0) is 30.5 Å². The molecule has 2 unspecified atom stereocenters. The van der Waals surface area contributed by atoms with Crippen molar-refractivity contribution < 1.29 is 19.4 Å². The normalized spacial score (nSPS) is 31.2. The number of carboxylic acids is 1. The summed E-state index contributed by atoms with van der Waals surface area (Å²) in [4.78, 5) is 27.5. The molecule has 6 nitrogen and oxygen atoms in total. The molecule has 3 heterocycles. The third kappa shape index (κ3) is 2.27. The summed E-state index contributed by atoms with van der Waals surface area (Å²) in [7, 11) is 0. The highest BCUT2D eigenvalue weighted by Gasteiger charge is 2.55. The van der Waals surface area contributed by atoms with Gasteiger partial charge in [-0.1, -0.05) is 0 Å². The Kier molecular flexibility index (Phi) is 3.40. The first-order chi connectivity index (χ1) is 9.66. The molecule has 2 aliphatic rings. The van der Waals surface area contributed by atoms with Gasteiger partial charge in [0.05, 0.1) is 24.0 Å². The number of hydrogen-bond donors (Lipinski definition) is 2. The van der Waals surface area contributed by atoms with Crippen LogP contribution in [0.15, 0.2) is 24.5 Å². The highest BCUT2D eigenvalue weighted by atomic mass is 16.5. The molecule has 2 fully saturated rings. The van der Waals surface area contributed by atoms with E-state index in [9.17, 15) is 14.7 Å². The number of fused-ring (bicyclic) bond motifs is 2. The van der Waals surface area contributed by atoms with Gasteiger partial charge in [0.15, 0.2) is 0 Å². The molecule has 6 heteroatoms. The Bertz CT molecular complexity index is 519. The van der Waals surface area contributed by atoms with Crippen LogP contribution in [0.2, 0.25) is 0 Å². The third-order valence-corrected chi connectivity index (χ3v) is 4.08. The number of hydrogen-bond acceptors (Lipinski definition) is 4. The minimum atomic E-state index is -0.943. The molecule has 0 radical (unpaired) electrons. The Morgan fingerprint density at radius 3 is 2.55 bits per heavy atom. The summed E-state index contributed by atoms with van der Waals surface area (Å²) in [6, 6.07) is 3.62. The van der Waals surface area contributed by atoms with Crippen LogP contribution in [0.3, 0.4) is 0 Å². The predicted octanol–water partition coefficient (Wildman–Crippen LogP) is 0.576. The Labute approximate surface area is 116 Å². The van der Waals surface area contributed by atoms with Crippen molar-refractivity contribution in [3.63, 3.8) is 0 Å². The van der Waals surface area contributed by atoms with E-state index in [2.05, 4.69) is 10.3 Å². The Morgan fingerprint density at radius 2 is 1.90 bits per heavy atom. The number of carbonyl (C=O) groups excluding carboxylic acids is 1. The van der Waals surface area contributed by atoms with Crippen LogP contribution in [0, 0.1) is 11.8 Å². The fourth-order valence-corrected chi connectivity index (χ4v) is 3.13. The zero-order valence-corrected chi connectivity index (χ0v) is 10.9. The van der Waals surface area contributed by atoms with Crippen molar-refractivity contribution in [2.24, 2.45) is 11.8 Å². The molecule has 0 saturated carbocycles. The maximum Gasteiger partial charge on any atom is 0.310 e. The topological polar surface area (TPSA) is 88.5 Å². The van der Waals surface area contributed by atoms with Gasteiger partial charge in [0, 0.05) is 18.9 Å². The third-order valence-electron chi connectivity index (χ3n) is 4.08. The lowest BCUT2D eigenvalue weighted by molar-refractivity contribution is -0.147. The summed E-state index contributed by atoms with van der Waals surface area (Å²) < 4.78 is 5.58. The van der Waals surface area contributed by atoms with Crippen LogP contribution in [0.4, 0.5) is 0 Å². The van der Waals surface area contributed by atoms with Crippen molar-refractivity contribution in [3.8, 4) is 0 Å². The fraction of sp³-hybridized carbons (Fsp3) is 0.500. The summed E-state index contributed by atoms with van der Waals surface area (Å²) in [5.41, 5.74) is 0.935. The molecule has 106 valence electrons. The van der Waals surface area contributed by atoms with Gasteiger partial charge in [-0.25, -0.2) is 0 Å². The van der Waals surface area contributed by atoms with E-state index in [0.717, 1.165) is 18.4 Å². The highest BCUT2D eigenvalue weighted by molar-refractivity contribution is 5.86. The number of carbonyl (C=O) groups is 2. The average Bonchev–Trinajstić information content (AvgIpc) is 3.06. The highest BCUT2D eigenvalue weighted by Crippen LogP contribution is 2.43. The zero-order valence-electron chi connectivity index (χ0n) is 10.9. The van der Waals surface area contributed by atoms with Gasteiger partial charge in [-0.2, -0.15) is 0 Å². The van der Waals surface area contributed by atoms with E-state index in [0.29, 0.717) is 6.54 Å². The fourth-order valence-electron chi connectivity index (χ4n) is 3.13. The number of aromatic nitrogens is 1. The van der Waals surface area contributed by atoms with Gasteiger partial charge in [-0.15, -0.1) is 0 Å². The van der Waals surface area contributed by atoms with Gasteiger partial charge in [-0.3, -0.25) is 14.6 Å². The van der Waals surface area contributed by atoms with E-state index in [-0.39, 0.29) is 18.1 Å². The van der Waals surface area contributed by atoms with Crippen molar-refractivity contribution >= 4 is 11.9 Å². The number of ether oxygens (including phenoxy) is 1. The second-order valence-electron chi connectivity index (χ2n) is 5.25. The Balaban J connectivity index is 1.66. The van der Waals surface area contributed by atoms with Gasteiger partial charge in [0.2, 0.25) is 5.91 Å². The number of nitrogens with zero attached hydrogens (tertiary/aromatic N) is 1. The van der Waals surface area contributed by atoms with E-state index in [1.165, 1.54) is 0 Å². The molecule has 2 saturated heterocycles. The molecule has 3 rings (SSSR count). The molecule has 2 N–H and O–H groups in total. The molecule has 2 aliphatic heterocycles. The first-order valence-electron chi connectivity index (χ1n) is 6.71. The average molecular weight is 276 g/mol. The van der Waals surface area contributed by atoms with Gasteiger partial charge >= 0.3 is 5.97 Å². The van der Waals surface area contributed by atoms with Crippen LogP contribution >= 0.6 is 0 Å². The minimum Gasteiger partial charge on any atom is -0.481 e. The predicted molar refractivity (Wildman–Crippen MR) is 68.6 cm³/mol. The molecular formula is C14H16N2O4. The number of aliphatic carboxylic acids is 1. The lowest BCUT2D eigenvalue weighted by Crippen LogP contribution is -2.43. The molecule has 0 aliphatic carbocycles. The van der Waals surface area contributed by atoms with Gasteiger partial charge in [0.25, 0.3) is 0 Å². The Morgan fingerprint density at radius 1 is 1.25 bits per heavy atom. The largest absolute Gasteiger partial charge is 0.481 e. The minimum absolute atomic E-state index is 0.235. The SMILES string of the molecule is O=C(NCc1ccncc1)C1C(C(=O)O)[C@H]2CC[C@@H]1O2. The van der Waals surface area contributed by atoms with Crippen LogP contribution in [-0.2, 0) is 20.9 Å². The number of nitrogens with one attached hydrogen (secondary N) is 1. The van der Waals surface area contributed by atoms with Crippen molar-refractivity contribution in [2.75, 3.05) is 0 Å². The van der Waals surface area contributed by atoms with Crippen LogP contribution in [0.25, 0.3) is 0 Å². The van der Waals surface area contributed by atoms with E-state index in [1.807, 2.05) is 12.1 Å².